The summed E-state index contributed by atoms with van der Waals surface area (Å²) in [5.74, 6) is 0. The fourth-order valence-electron chi connectivity index (χ4n) is 3.35. The van der Waals surface area contributed by atoms with E-state index in [2.05, 4.69) is 4.72 Å². The van der Waals surface area contributed by atoms with Crippen molar-refractivity contribution in [3.63, 3.8) is 0 Å². The number of rotatable bonds is 3. The number of hydrogen-bond donors (Lipinski definition) is 1. The Bertz CT molecular complexity index is 681. The lowest BCUT2D eigenvalue weighted by Crippen LogP contribution is -2.57. The van der Waals surface area contributed by atoms with Gasteiger partial charge in [-0.3, -0.25) is 0 Å². The molecule has 1 unspecified atom stereocenters. The Morgan fingerprint density at radius 1 is 1.17 bits per heavy atom. The van der Waals surface area contributed by atoms with Crippen molar-refractivity contribution < 1.29 is 26.3 Å². The van der Waals surface area contributed by atoms with Gasteiger partial charge in [0.2, 0.25) is 10.0 Å². The molecule has 3 rings (SSSR count). The van der Waals surface area contributed by atoms with Crippen molar-refractivity contribution in [2.24, 2.45) is 5.41 Å². The van der Waals surface area contributed by atoms with Crippen LogP contribution in [0.1, 0.15) is 31.2 Å². The van der Waals surface area contributed by atoms with Crippen LogP contribution < -0.4 is 4.72 Å². The summed E-state index contributed by atoms with van der Waals surface area (Å²) in [4.78, 5) is -0.346. The predicted octanol–water partition coefficient (Wildman–Crippen LogP) is 2.94. The molecule has 1 N–H and O–H groups in total. The molecular formula is C15H18F3NO3S. The van der Waals surface area contributed by atoms with E-state index >= 15 is 0 Å². The lowest BCUT2D eigenvalue weighted by Gasteiger charge is -2.51. The molecule has 23 heavy (non-hydrogen) atoms. The molecule has 1 saturated carbocycles. The van der Waals surface area contributed by atoms with Crippen molar-refractivity contribution in [3.8, 4) is 0 Å². The average molecular weight is 349 g/mol. The van der Waals surface area contributed by atoms with Gasteiger partial charge in [-0.1, -0.05) is 6.07 Å². The molecule has 1 saturated heterocycles. The Balaban J connectivity index is 1.80. The minimum Gasteiger partial charge on any atom is -0.381 e. The van der Waals surface area contributed by atoms with Gasteiger partial charge in [-0.2, -0.15) is 13.2 Å². The third kappa shape index (κ3) is 3.25. The van der Waals surface area contributed by atoms with E-state index in [4.69, 9.17) is 4.74 Å². The maximum atomic E-state index is 12.8. The molecule has 1 aromatic carbocycles. The average Bonchev–Trinajstić information content (AvgIpc) is 2.52. The van der Waals surface area contributed by atoms with Gasteiger partial charge in [0.05, 0.1) is 10.5 Å². The van der Waals surface area contributed by atoms with Gasteiger partial charge in [-0.15, -0.1) is 0 Å². The van der Waals surface area contributed by atoms with Crippen molar-refractivity contribution in [3.05, 3.63) is 29.8 Å². The second kappa shape index (κ2) is 5.75. The molecule has 2 aliphatic rings. The van der Waals surface area contributed by atoms with Crippen molar-refractivity contribution in [1.29, 1.82) is 0 Å². The van der Waals surface area contributed by atoms with Gasteiger partial charge in [0.25, 0.3) is 0 Å². The lowest BCUT2D eigenvalue weighted by atomic mass is 9.60. The Kier molecular flexibility index (Phi) is 4.18. The first-order valence-electron chi connectivity index (χ1n) is 7.50. The van der Waals surface area contributed by atoms with Crippen LogP contribution in [0.15, 0.2) is 29.2 Å². The number of nitrogens with one attached hydrogen (secondary N) is 1. The maximum absolute atomic E-state index is 12.8. The second-order valence-corrected chi connectivity index (χ2v) is 7.93. The van der Waals surface area contributed by atoms with Crippen molar-refractivity contribution in [2.75, 3.05) is 13.2 Å². The molecule has 0 amide bonds. The standard InChI is InChI=1S/C15H18F3NO3S/c16-15(17,18)11-2-1-3-12(10-11)23(20,21)19-13-4-5-14(13)6-8-22-9-7-14/h1-3,10,13,19H,4-9H2. The smallest absolute Gasteiger partial charge is 0.381 e. The van der Waals surface area contributed by atoms with Gasteiger partial charge in [0, 0.05) is 19.3 Å². The number of benzene rings is 1. The molecule has 8 heteroatoms. The van der Waals surface area contributed by atoms with E-state index in [0.29, 0.717) is 25.7 Å². The van der Waals surface area contributed by atoms with Crippen LogP contribution in [0.3, 0.4) is 0 Å². The molecule has 1 heterocycles. The Morgan fingerprint density at radius 2 is 1.87 bits per heavy atom. The number of halogens is 3. The Hall–Kier alpha value is -1.12. The van der Waals surface area contributed by atoms with Crippen LogP contribution in [0.5, 0.6) is 0 Å². The molecule has 1 spiro atoms. The molecule has 0 aromatic heterocycles. The first kappa shape index (κ1) is 16.7. The second-order valence-electron chi connectivity index (χ2n) is 6.21. The monoisotopic (exact) mass is 349 g/mol. The van der Waals surface area contributed by atoms with Gasteiger partial charge in [0.1, 0.15) is 0 Å². The topological polar surface area (TPSA) is 55.4 Å². The highest BCUT2D eigenvalue weighted by molar-refractivity contribution is 7.89. The molecule has 4 nitrogen and oxygen atoms in total. The normalized spacial score (nSPS) is 24.4. The molecule has 0 radical (unpaired) electrons. The molecule has 128 valence electrons. The van der Waals surface area contributed by atoms with Crippen LogP contribution in [0.4, 0.5) is 13.2 Å². The third-order valence-corrected chi connectivity index (χ3v) is 6.40. The van der Waals surface area contributed by atoms with E-state index in [-0.39, 0.29) is 16.4 Å². The third-order valence-electron chi connectivity index (χ3n) is 4.93. The van der Waals surface area contributed by atoms with E-state index in [9.17, 15) is 21.6 Å². The summed E-state index contributed by atoms with van der Waals surface area (Å²) in [5, 5.41) is 0. The molecule has 1 aliphatic carbocycles. The van der Waals surface area contributed by atoms with Gasteiger partial charge in [0.15, 0.2) is 0 Å². The first-order valence-corrected chi connectivity index (χ1v) is 8.99. The summed E-state index contributed by atoms with van der Waals surface area (Å²) in [6, 6.07) is 3.61. The van der Waals surface area contributed by atoms with Gasteiger partial charge >= 0.3 is 6.18 Å². The molecule has 2 fully saturated rings. The van der Waals surface area contributed by atoms with Gasteiger partial charge < -0.3 is 4.74 Å². The summed E-state index contributed by atoms with van der Waals surface area (Å²) in [6.07, 6.45) is -1.38. The van der Waals surface area contributed by atoms with Crippen LogP contribution in [-0.4, -0.2) is 27.7 Å². The molecule has 1 aromatic rings. The summed E-state index contributed by atoms with van der Waals surface area (Å²) in [6.45, 7) is 1.20. The zero-order valence-electron chi connectivity index (χ0n) is 12.4. The largest absolute Gasteiger partial charge is 0.416 e. The quantitative estimate of drug-likeness (QED) is 0.913. The van der Waals surface area contributed by atoms with Crippen LogP contribution >= 0.6 is 0 Å². The first-order chi connectivity index (χ1) is 10.7. The lowest BCUT2D eigenvalue weighted by molar-refractivity contribution is -0.137. The predicted molar refractivity (Wildman–Crippen MR) is 77.3 cm³/mol. The molecule has 0 bridgehead atoms. The summed E-state index contributed by atoms with van der Waals surface area (Å²) in [7, 11) is -3.97. The van der Waals surface area contributed by atoms with Crippen LogP contribution in [-0.2, 0) is 20.9 Å². The maximum Gasteiger partial charge on any atom is 0.416 e. The van der Waals surface area contributed by atoms with Crippen LogP contribution in [0.2, 0.25) is 0 Å². The fraction of sp³-hybridized carbons (Fsp3) is 0.600. The van der Waals surface area contributed by atoms with E-state index in [1.165, 1.54) is 6.07 Å². The zero-order valence-corrected chi connectivity index (χ0v) is 13.2. The van der Waals surface area contributed by atoms with Crippen LogP contribution in [0, 0.1) is 5.41 Å². The van der Waals surface area contributed by atoms with Crippen molar-refractivity contribution in [1.82, 2.24) is 4.72 Å². The summed E-state index contributed by atoms with van der Waals surface area (Å²) < 4.78 is 71.0. The highest BCUT2D eigenvalue weighted by Gasteiger charge is 2.49. The number of sulfonamides is 1. The number of hydrogen-bond acceptors (Lipinski definition) is 3. The zero-order chi connectivity index (χ0) is 16.7. The summed E-state index contributed by atoms with van der Waals surface area (Å²) in [5.41, 5.74) is -1.07. The van der Waals surface area contributed by atoms with E-state index in [1.807, 2.05) is 0 Å². The highest BCUT2D eigenvalue weighted by Crippen LogP contribution is 2.49. The van der Waals surface area contributed by atoms with E-state index < -0.39 is 21.8 Å². The highest BCUT2D eigenvalue weighted by atomic mass is 32.2. The minimum atomic E-state index is -4.57. The number of alkyl halides is 3. The van der Waals surface area contributed by atoms with Gasteiger partial charge in [-0.25, -0.2) is 13.1 Å². The van der Waals surface area contributed by atoms with Crippen molar-refractivity contribution in [2.45, 2.75) is 42.8 Å². The van der Waals surface area contributed by atoms with Crippen LogP contribution in [0.25, 0.3) is 0 Å². The Morgan fingerprint density at radius 3 is 2.43 bits per heavy atom. The molecular weight excluding hydrogens is 331 g/mol. The van der Waals surface area contributed by atoms with Crippen molar-refractivity contribution >= 4 is 10.0 Å². The molecule has 1 aliphatic heterocycles. The minimum absolute atomic E-state index is 0.104. The SMILES string of the molecule is O=S(=O)(NC1CCC12CCOCC2)c1cccc(C(F)(F)F)c1. The Labute approximate surface area is 133 Å². The van der Waals surface area contributed by atoms with E-state index in [0.717, 1.165) is 31.4 Å². The number of ether oxygens (including phenoxy) is 1. The fourth-order valence-corrected chi connectivity index (χ4v) is 4.77. The summed E-state index contributed by atoms with van der Waals surface area (Å²) >= 11 is 0. The van der Waals surface area contributed by atoms with Gasteiger partial charge in [-0.05, 0) is 49.3 Å². The molecule has 1 atom stereocenters. The van der Waals surface area contributed by atoms with E-state index in [1.54, 1.807) is 0 Å².